The molecule has 118 valence electrons. The van der Waals surface area contributed by atoms with Crippen molar-refractivity contribution in [2.75, 3.05) is 19.8 Å². The van der Waals surface area contributed by atoms with Gasteiger partial charge >= 0.3 is 5.97 Å². The van der Waals surface area contributed by atoms with E-state index in [0.29, 0.717) is 18.8 Å². The van der Waals surface area contributed by atoms with Crippen LogP contribution in [-0.2, 0) is 19.8 Å². The molecule has 0 bridgehead atoms. The first-order valence-corrected chi connectivity index (χ1v) is 7.39. The van der Waals surface area contributed by atoms with Crippen molar-refractivity contribution in [2.45, 2.75) is 39.7 Å². The maximum atomic E-state index is 12.2. The minimum atomic E-state index is -1.25. The predicted octanol–water partition coefficient (Wildman–Crippen LogP) is 2.86. The molecule has 21 heavy (non-hydrogen) atoms. The van der Waals surface area contributed by atoms with E-state index in [9.17, 15) is 4.79 Å². The summed E-state index contributed by atoms with van der Waals surface area (Å²) in [6.07, 6.45) is 0.903. The SMILES string of the molecule is CCOC(=O)C(N)(COCCC(C)(C)C)c1ccccc1. The molecule has 0 radical (unpaired) electrons. The first-order chi connectivity index (χ1) is 9.79. The van der Waals surface area contributed by atoms with Gasteiger partial charge in [0.1, 0.15) is 0 Å². The Morgan fingerprint density at radius 3 is 2.33 bits per heavy atom. The minimum Gasteiger partial charge on any atom is -0.464 e. The van der Waals surface area contributed by atoms with Gasteiger partial charge in [-0.2, -0.15) is 0 Å². The number of nitrogens with two attached hydrogens (primary N) is 1. The summed E-state index contributed by atoms with van der Waals surface area (Å²) in [5.74, 6) is -0.452. The van der Waals surface area contributed by atoms with Crippen molar-refractivity contribution in [3.8, 4) is 0 Å². The quantitative estimate of drug-likeness (QED) is 0.620. The van der Waals surface area contributed by atoms with E-state index in [1.54, 1.807) is 6.92 Å². The summed E-state index contributed by atoms with van der Waals surface area (Å²) in [6.45, 7) is 9.19. The molecule has 0 saturated carbocycles. The van der Waals surface area contributed by atoms with E-state index in [2.05, 4.69) is 20.8 Å². The fraction of sp³-hybridized carbons (Fsp3) is 0.588. The molecule has 1 atom stereocenters. The number of ether oxygens (including phenoxy) is 2. The van der Waals surface area contributed by atoms with Crippen LogP contribution in [0.4, 0.5) is 0 Å². The Bertz CT molecular complexity index is 439. The molecule has 0 aliphatic carbocycles. The second kappa shape index (κ2) is 7.57. The van der Waals surface area contributed by atoms with Crippen LogP contribution in [0.3, 0.4) is 0 Å². The molecule has 0 heterocycles. The number of benzene rings is 1. The lowest BCUT2D eigenvalue weighted by Crippen LogP contribution is -2.50. The third kappa shape index (κ3) is 5.48. The average Bonchev–Trinajstić information content (AvgIpc) is 2.43. The van der Waals surface area contributed by atoms with Crippen LogP contribution in [0.5, 0.6) is 0 Å². The molecule has 1 aromatic rings. The van der Waals surface area contributed by atoms with Crippen molar-refractivity contribution < 1.29 is 14.3 Å². The molecule has 4 heteroatoms. The molecule has 0 fully saturated rings. The summed E-state index contributed by atoms with van der Waals surface area (Å²) in [6, 6.07) is 9.24. The number of hydrogen-bond donors (Lipinski definition) is 1. The Morgan fingerprint density at radius 1 is 1.19 bits per heavy atom. The highest BCUT2D eigenvalue weighted by molar-refractivity contribution is 5.82. The van der Waals surface area contributed by atoms with E-state index in [1.807, 2.05) is 30.3 Å². The van der Waals surface area contributed by atoms with Crippen LogP contribution in [0.15, 0.2) is 30.3 Å². The molecule has 0 aromatic heterocycles. The molecule has 1 aromatic carbocycles. The highest BCUT2D eigenvalue weighted by atomic mass is 16.5. The van der Waals surface area contributed by atoms with Gasteiger partial charge in [0.2, 0.25) is 0 Å². The van der Waals surface area contributed by atoms with Crippen molar-refractivity contribution >= 4 is 5.97 Å². The lowest BCUT2D eigenvalue weighted by molar-refractivity contribution is -0.152. The van der Waals surface area contributed by atoms with Crippen LogP contribution in [-0.4, -0.2) is 25.8 Å². The highest BCUT2D eigenvalue weighted by Gasteiger charge is 2.38. The lowest BCUT2D eigenvalue weighted by atomic mass is 9.91. The number of carbonyl (C=O) groups excluding carboxylic acids is 1. The zero-order valence-electron chi connectivity index (χ0n) is 13.5. The second-order valence-corrected chi connectivity index (χ2v) is 6.42. The van der Waals surface area contributed by atoms with Crippen molar-refractivity contribution in [2.24, 2.45) is 11.1 Å². The van der Waals surface area contributed by atoms with Gasteiger partial charge in [-0.05, 0) is 24.3 Å². The summed E-state index contributed by atoms with van der Waals surface area (Å²) in [5, 5.41) is 0. The molecule has 1 rings (SSSR count). The van der Waals surface area contributed by atoms with Crippen molar-refractivity contribution in [1.82, 2.24) is 0 Å². The Hall–Kier alpha value is -1.39. The molecule has 0 saturated heterocycles. The summed E-state index contributed by atoms with van der Waals surface area (Å²) in [4.78, 5) is 12.2. The number of esters is 1. The summed E-state index contributed by atoms with van der Waals surface area (Å²) in [7, 11) is 0. The molecular weight excluding hydrogens is 266 g/mol. The average molecular weight is 293 g/mol. The van der Waals surface area contributed by atoms with Crippen molar-refractivity contribution in [3.63, 3.8) is 0 Å². The Morgan fingerprint density at radius 2 is 1.81 bits per heavy atom. The topological polar surface area (TPSA) is 61.5 Å². The van der Waals surface area contributed by atoms with E-state index >= 15 is 0 Å². The second-order valence-electron chi connectivity index (χ2n) is 6.42. The van der Waals surface area contributed by atoms with Gasteiger partial charge < -0.3 is 15.2 Å². The van der Waals surface area contributed by atoms with Crippen LogP contribution in [0.1, 0.15) is 39.7 Å². The molecule has 4 nitrogen and oxygen atoms in total. The van der Waals surface area contributed by atoms with Gasteiger partial charge in [-0.3, -0.25) is 0 Å². The van der Waals surface area contributed by atoms with E-state index < -0.39 is 11.5 Å². The molecule has 0 aliphatic heterocycles. The van der Waals surface area contributed by atoms with E-state index in [1.165, 1.54) is 0 Å². The summed E-state index contributed by atoms with van der Waals surface area (Å²) >= 11 is 0. The van der Waals surface area contributed by atoms with E-state index in [0.717, 1.165) is 6.42 Å². The number of hydrogen-bond acceptors (Lipinski definition) is 4. The molecule has 2 N–H and O–H groups in total. The third-order valence-corrected chi connectivity index (χ3v) is 3.25. The predicted molar refractivity (Wildman–Crippen MR) is 83.8 cm³/mol. The van der Waals surface area contributed by atoms with Gasteiger partial charge in [0.25, 0.3) is 0 Å². The molecule has 1 unspecified atom stereocenters. The van der Waals surface area contributed by atoms with E-state index in [-0.39, 0.29) is 12.0 Å². The molecule has 0 amide bonds. The van der Waals surface area contributed by atoms with Gasteiger partial charge in [-0.15, -0.1) is 0 Å². The summed E-state index contributed by atoms with van der Waals surface area (Å²) in [5.41, 5.74) is 5.94. The van der Waals surface area contributed by atoms with Crippen LogP contribution in [0, 0.1) is 5.41 Å². The van der Waals surface area contributed by atoms with Crippen LogP contribution in [0.2, 0.25) is 0 Å². The number of rotatable bonds is 7. The first-order valence-electron chi connectivity index (χ1n) is 7.39. The van der Waals surface area contributed by atoms with Gasteiger partial charge in [0, 0.05) is 6.61 Å². The molecule has 0 spiro atoms. The normalized spacial score (nSPS) is 14.5. The van der Waals surface area contributed by atoms with Gasteiger partial charge in [-0.1, -0.05) is 51.1 Å². The summed E-state index contributed by atoms with van der Waals surface area (Å²) < 4.78 is 10.8. The number of carbonyl (C=O) groups is 1. The fourth-order valence-electron chi connectivity index (χ4n) is 1.87. The van der Waals surface area contributed by atoms with Crippen LogP contribution in [0.25, 0.3) is 0 Å². The Labute approximate surface area is 127 Å². The molecular formula is C17H27NO3. The monoisotopic (exact) mass is 293 g/mol. The first kappa shape index (κ1) is 17.7. The zero-order valence-corrected chi connectivity index (χ0v) is 13.5. The van der Waals surface area contributed by atoms with Crippen LogP contribution < -0.4 is 5.73 Å². The Balaban J connectivity index is 2.76. The minimum absolute atomic E-state index is 0.117. The van der Waals surface area contributed by atoms with Crippen molar-refractivity contribution in [1.29, 1.82) is 0 Å². The zero-order chi connectivity index (χ0) is 15.9. The maximum Gasteiger partial charge on any atom is 0.333 e. The Kier molecular flexibility index (Phi) is 6.37. The van der Waals surface area contributed by atoms with Crippen LogP contribution >= 0.6 is 0 Å². The lowest BCUT2D eigenvalue weighted by Gasteiger charge is -2.28. The fourth-order valence-corrected chi connectivity index (χ4v) is 1.87. The smallest absolute Gasteiger partial charge is 0.333 e. The van der Waals surface area contributed by atoms with Gasteiger partial charge in [0.15, 0.2) is 5.54 Å². The van der Waals surface area contributed by atoms with Crippen molar-refractivity contribution in [3.05, 3.63) is 35.9 Å². The van der Waals surface area contributed by atoms with Gasteiger partial charge in [-0.25, -0.2) is 4.79 Å². The molecule has 0 aliphatic rings. The van der Waals surface area contributed by atoms with E-state index in [4.69, 9.17) is 15.2 Å². The maximum absolute atomic E-state index is 12.2. The standard InChI is InChI=1S/C17H27NO3/c1-5-21-15(19)17(18,14-9-7-6-8-10-14)13-20-12-11-16(2,3)4/h6-10H,5,11-13,18H2,1-4H3. The highest BCUT2D eigenvalue weighted by Crippen LogP contribution is 2.22. The van der Waals surface area contributed by atoms with Gasteiger partial charge in [0.05, 0.1) is 13.2 Å². The third-order valence-electron chi connectivity index (χ3n) is 3.25. The largest absolute Gasteiger partial charge is 0.464 e.